The zero-order valence-corrected chi connectivity index (χ0v) is 10.2. The van der Waals surface area contributed by atoms with Crippen LogP contribution in [0.25, 0.3) is 0 Å². The van der Waals surface area contributed by atoms with Crippen molar-refractivity contribution in [3.8, 4) is 0 Å². The maximum absolute atomic E-state index is 12.5. The van der Waals surface area contributed by atoms with Crippen molar-refractivity contribution >= 4 is 5.69 Å². The lowest BCUT2D eigenvalue weighted by Crippen LogP contribution is -2.31. The van der Waals surface area contributed by atoms with Crippen molar-refractivity contribution in [3.05, 3.63) is 24.0 Å². The van der Waals surface area contributed by atoms with Gasteiger partial charge in [-0.1, -0.05) is 0 Å². The van der Waals surface area contributed by atoms with Gasteiger partial charge in [-0.15, -0.1) is 0 Å². The molecule has 100 valence electrons. The molecule has 1 saturated heterocycles. The molecule has 0 aromatic carbocycles. The molecule has 1 aliphatic heterocycles. The van der Waals surface area contributed by atoms with Crippen molar-refractivity contribution in [2.45, 2.75) is 25.1 Å². The van der Waals surface area contributed by atoms with Crippen molar-refractivity contribution < 1.29 is 13.2 Å². The predicted octanol–water partition coefficient (Wildman–Crippen LogP) is 2.61. The van der Waals surface area contributed by atoms with Gasteiger partial charge < -0.3 is 10.2 Å². The summed E-state index contributed by atoms with van der Waals surface area (Å²) in [6.45, 7) is 1.72. The Bertz CT molecular complexity index is 406. The summed E-state index contributed by atoms with van der Waals surface area (Å²) in [5.41, 5.74) is -0.384. The summed E-state index contributed by atoms with van der Waals surface area (Å²) in [5, 5.41) is 3.05. The molecule has 1 aromatic heterocycles. The highest BCUT2D eigenvalue weighted by atomic mass is 19.4. The lowest BCUT2D eigenvalue weighted by molar-refractivity contribution is -0.141. The normalized spacial score (nSPS) is 21.2. The number of anilines is 1. The number of hydrogen-bond acceptors (Lipinski definition) is 3. The Hall–Kier alpha value is -1.30. The summed E-state index contributed by atoms with van der Waals surface area (Å²) in [7, 11) is 2.03. The van der Waals surface area contributed by atoms with Gasteiger partial charge in [0.05, 0.1) is 0 Å². The SMILES string of the molecule is CN1CCCC1CNc1ccnc(C(F)(F)F)c1. The fourth-order valence-electron chi connectivity index (χ4n) is 2.17. The molecule has 2 heterocycles. The number of nitrogens with one attached hydrogen (secondary N) is 1. The zero-order valence-electron chi connectivity index (χ0n) is 10.2. The molecule has 1 atom stereocenters. The second kappa shape index (κ2) is 5.14. The maximum Gasteiger partial charge on any atom is 0.433 e. The fraction of sp³-hybridized carbons (Fsp3) is 0.583. The van der Waals surface area contributed by atoms with Crippen LogP contribution < -0.4 is 5.32 Å². The third-order valence-electron chi connectivity index (χ3n) is 3.26. The van der Waals surface area contributed by atoms with E-state index >= 15 is 0 Å². The fourth-order valence-corrected chi connectivity index (χ4v) is 2.17. The number of pyridine rings is 1. The molecule has 1 fully saturated rings. The molecule has 1 aromatic rings. The largest absolute Gasteiger partial charge is 0.433 e. The van der Waals surface area contributed by atoms with Crippen LogP contribution in [0.15, 0.2) is 18.3 Å². The molecule has 1 N–H and O–H groups in total. The predicted molar refractivity (Wildman–Crippen MR) is 63.4 cm³/mol. The summed E-state index contributed by atoms with van der Waals surface area (Å²) >= 11 is 0. The van der Waals surface area contributed by atoms with E-state index in [1.165, 1.54) is 6.20 Å². The number of halogens is 3. The quantitative estimate of drug-likeness (QED) is 0.904. The van der Waals surface area contributed by atoms with Crippen molar-refractivity contribution in [2.24, 2.45) is 0 Å². The Kier molecular flexibility index (Phi) is 3.75. The van der Waals surface area contributed by atoms with E-state index in [1.54, 1.807) is 6.07 Å². The topological polar surface area (TPSA) is 28.2 Å². The highest BCUT2D eigenvalue weighted by Gasteiger charge is 2.32. The summed E-state index contributed by atoms with van der Waals surface area (Å²) in [5.74, 6) is 0. The first-order valence-electron chi connectivity index (χ1n) is 5.94. The van der Waals surface area contributed by atoms with Gasteiger partial charge in [0.1, 0.15) is 5.69 Å². The lowest BCUT2D eigenvalue weighted by Gasteiger charge is -2.20. The van der Waals surface area contributed by atoms with E-state index in [2.05, 4.69) is 15.2 Å². The van der Waals surface area contributed by atoms with Crippen molar-refractivity contribution in [1.29, 1.82) is 0 Å². The molecule has 0 amide bonds. The van der Waals surface area contributed by atoms with Crippen LogP contribution in [0.4, 0.5) is 18.9 Å². The minimum Gasteiger partial charge on any atom is -0.383 e. The monoisotopic (exact) mass is 259 g/mol. The molecular formula is C12H16F3N3. The number of likely N-dealkylation sites (N-methyl/N-ethyl adjacent to an activating group) is 1. The second-order valence-electron chi connectivity index (χ2n) is 4.59. The summed E-state index contributed by atoms with van der Waals surface area (Å²) in [6.07, 6.45) is -0.973. The highest BCUT2D eigenvalue weighted by molar-refractivity contribution is 5.43. The molecule has 0 spiro atoms. The minimum atomic E-state index is -4.39. The van der Waals surface area contributed by atoms with Gasteiger partial charge in [-0.2, -0.15) is 13.2 Å². The Morgan fingerprint density at radius 3 is 2.89 bits per heavy atom. The first-order valence-corrected chi connectivity index (χ1v) is 5.94. The molecule has 6 heteroatoms. The smallest absolute Gasteiger partial charge is 0.383 e. The summed E-state index contributed by atoms with van der Waals surface area (Å²) < 4.78 is 37.4. The van der Waals surface area contributed by atoms with Gasteiger partial charge in [0, 0.05) is 24.5 Å². The average molecular weight is 259 g/mol. The molecule has 3 nitrogen and oxygen atoms in total. The zero-order chi connectivity index (χ0) is 13.2. The van der Waals surface area contributed by atoms with Gasteiger partial charge in [0.2, 0.25) is 0 Å². The molecule has 1 unspecified atom stereocenters. The Balaban J connectivity index is 1.97. The third kappa shape index (κ3) is 3.13. The van der Waals surface area contributed by atoms with E-state index in [-0.39, 0.29) is 0 Å². The van der Waals surface area contributed by atoms with Crippen LogP contribution >= 0.6 is 0 Å². The summed E-state index contributed by atoms with van der Waals surface area (Å²) in [6, 6.07) is 3.01. The second-order valence-corrected chi connectivity index (χ2v) is 4.59. The van der Waals surface area contributed by atoms with Gasteiger partial charge in [-0.25, -0.2) is 0 Å². The van der Waals surface area contributed by atoms with E-state index < -0.39 is 11.9 Å². The van der Waals surface area contributed by atoms with E-state index in [0.717, 1.165) is 25.5 Å². The molecule has 18 heavy (non-hydrogen) atoms. The van der Waals surface area contributed by atoms with Gasteiger partial charge in [0.25, 0.3) is 0 Å². The van der Waals surface area contributed by atoms with E-state index in [0.29, 0.717) is 18.3 Å². The maximum atomic E-state index is 12.5. The van der Waals surface area contributed by atoms with Crippen LogP contribution in [-0.2, 0) is 6.18 Å². The van der Waals surface area contributed by atoms with E-state index in [1.807, 2.05) is 7.05 Å². The molecule has 1 aliphatic rings. The van der Waals surface area contributed by atoms with Crippen LogP contribution in [0.1, 0.15) is 18.5 Å². The van der Waals surface area contributed by atoms with Crippen molar-refractivity contribution in [3.63, 3.8) is 0 Å². The molecular weight excluding hydrogens is 243 g/mol. The van der Waals surface area contributed by atoms with Crippen LogP contribution in [0, 0.1) is 0 Å². The van der Waals surface area contributed by atoms with Crippen LogP contribution in [0.2, 0.25) is 0 Å². The highest BCUT2D eigenvalue weighted by Crippen LogP contribution is 2.28. The summed E-state index contributed by atoms with van der Waals surface area (Å²) in [4.78, 5) is 5.55. The Morgan fingerprint density at radius 1 is 1.50 bits per heavy atom. The first kappa shape index (κ1) is 13.1. The molecule has 0 aliphatic carbocycles. The number of hydrogen-bond donors (Lipinski definition) is 1. The average Bonchev–Trinajstić information content (AvgIpc) is 2.72. The molecule has 0 radical (unpaired) electrons. The number of likely N-dealkylation sites (tertiary alicyclic amines) is 1. The number of nitrogens with zero attached hydrogens (tertiary/aromatic N) is 2. The minimum absolute atomic E-state index is 0.396. The van der Waals surface area contributed by atoms with Crippen molar-refractivity contribution in [1.82, 2.24) is 9.88 Å². The number of alkyl halides is 3. The molecule has 0 saturated carbocycles. The standard InChI is InChI=1S/C12H16F3N3/c1-18-6-2-3-10(18)8-17-9-4-5-16-11(7-9)12(13,14)15/h4-5,7,10H,2-3,6,8H2,1H3,(H,16,17). The number of rotatable bonds is 3. The Labute approximate surface area is 104 Å². The van der Waals surface area contributed by atoms with Gasteiger partial charge >= 0.3 is 6.18 Å². The molecule has 0 bridgehead atoms. The lowest BCUT2D eigenvalue weighted by atomic mass is 10.2. The van der Waals surface area contributed by atoms with E-state index in [4.69, 9.17) is 0 Å². The molecule has 2 rings (SSSR count). The number of aromatic nitrogens is 1. The van der Waals surface area contributed by atoms with Crippen LogP contribution in [0.5, 0.6) is 0 Å². The third-order valence-corrected chi connectivity index (χ3v) is 3.26. The van der Waals surface area contributed by atoms with Gasteiger partial charge in [-0.05, 0) is 38.6 Å². The van der Waals surface area contributed by atoms with E-state index in [9.17, 15) is 13.2 Å². The Morgan fingerprint density at radius 2 is 2.28 bits per heavy atom. The van der Waals surface area contributed by atoms with Gasteiger partial charge in [0.15, 0.2) is 0 Å². The first-order chi connectivity index (χ1) is 8.47. The van der Waals surface area contributed by atoms with Crippen LogP contribution in [0.3, 0.4) is 0 Å². The van der Waals surface area contributed by atoms with Gasteiger partial charge in [-0.3, -0.25) is 4.98 Å². The van der Waals surface area contributed by atoms with Crippen molar-refractivity contribution in [2.75, 3.05) is 25.5 Å². The van der Waals surface area contributed by atoms with Crippen LogP contribution in [-0.4, -0.2) is 36.1 Å².